The molecular formula is C15H16BrNO7. The number of hydrogen-bond donors (Lipinski definition) is 4. The fourth-order valence-corrected chi connectivity index (χ4v) is 2.94. The molecule has 3 rings (SSSR count). The van der Waals surface area contributed by atoms with Crippen LogP contribution in [0, 0.1) is 0 Å². The van der Waals surface area contributed by atoms with E-state index in [-0.39, 0.29) is 0 Å². The van der Waals surface area contributed by atoms with Crippen LogP contribution in [0.3, 0.4) is 0 Å². The highest BCUT2D eigenvalue weighted by molar-refractivity contribution is 9.10. The minimum absolute atomic E-state index is 0.433. The third-order valence-corrected chi connectivity index (χ3v) is 4.37. The molecule has 8 nitrogen and oxygen atoms in total. The quantitative estimate of drug-likeness (QED) is 0.519. The van der Waals surface area contributed by atoms with E-state index >= 15 is 0 Å². The van der Waals surface area contributed by atoms with E-state index in [2.05, 4.69) is 15.9 Å². The fraction of sp³-hybridized carbons (Fsp3) is 0.400. The summed E-state index contributed by atoms with van der Waals surface area (Å²) in [6, 6.07) is 8.05. The Kier molecular flexibility index (Phi) is 4.90. The summed E-state index contributed by atoms with van der Waals surface area (Å²) >= 11 is 3.33. The Morgan fingerprint density at radius 2 is 1.88 bits per heavy atom. The molecule has 2 aromatic rings. The zero-order valence-electron chi connectivity index (χ0n) is 12.3. The summed E-state index contributed by atoms with van der Waals surface area (Å²) in [5, 5.41) is 39.5. The zero-order valence-corrected chi connectivity index (χ0v) is 13.9. The van der Waals surface area contributed by atoms with Crippen LogP contribution >= 0.6 is 15.9 Å². The van der Waals surface area contributed by atoms with Gasteiger partial charge in [0, 0.05) is 15.9 Å². The number of fused-ring (bicyclic) bond motifs is 1. The molecule has 5 atom stereocenters. The predicted molar refractivity (Wildman–Crippen MR) is 86.3 cm³/mol. The first-order chi connectivity index (χ1) is 11.4. The van der Waals surface area contributed by atoms with Crippen molar-refractivity contribution in [1.82, 2.24) is 4.73 Å². The Balaban J connectivity index is 1.97. The molecule has 0 saturated carbocycles. The second-order valence-electron chi connectivity index (χ2n) is 5.47. The topological polar surface area (TPSA) is 121 Å². The minimum atomic E-state index is -1.60. The highest BCUT2D eigenvalue weighted by Gasteiger charge is 2.45. The van der Waals surface area contributed by atoms with Crippen LogP contribution < -0.4 is 10.4 Å². The lowest BCUT2D eigenvalue weighted by Gasteiger charge is -2.39. The molecule has 1 fully saturated rings. The summed E-state index contributed by atoms with van der Waals surface area (Å²) in [4.78, 5) is 17.6. The van der Waals surface area contributed by atoms with Crippen LogP contribution in [-0.4, -0.2) is 62.5 Å². The van der Waals surface area contributed by atoms with Crippen molar-refractivity contribution in [2.45, 2.75) is 30.7 Å². The second kappa shape index (κ2) is 6.79. The van der Waals surface area contributed by atoms with Gasteiger partial charge in [-0.3, -0.25) is 4.79 Å². The van der Waals surface area contributed by atoms with Crippen LogP contribution in [0.1, 0.15) is 0 Å². The van der Waals surface area contributed by atoms with E-state index in [1.807, 2.05) is 0 Å². The number of rotatable bonds is 3. The van der Waals surface area contributed by atoms with Crippen molar-refractivity contribution < 1.29 is 30.0 Å². The van der Waals surface area contributed by atoms with E-state index in [0.29, 0.717) is 10.9 Å². The van der Waals surface area contributed by atoms with Gasteiger partial charge in [-0.05, 0) is 24.3 Å². The summed E-state index contributed by atoms with van der Waals surface area (Å²) in [6.07, 6.45) is -7.23. The van der Waals surface area contributed by atoms with Crippen LogP contribution in [0.15, 0.2) is 39.6 Å². The van der Waals surface area contributed by atoms with Gasteiger partial charge in [0.2, 0.25) is 0 Å². The van der Waals surface area contributed by atoms with Gasteiger partial charge in [0.25, 0.3) is 11.8 Å². The maximum absolute atomic E-state index is 12.1. The molecule has 0 unspecified atom stereocenters. The Bertz CT molecular complexity index is 793. The SMILES string of the molecule is O=c1ccc2cc(Br)ccc2n1O[C@H]1O[C@H](CO)[C@@H](O)[C@H](O)[C@@H]1O. The maximum Gasteiger partial charge on any atom is 0.283 e. The van der Waals surface area contributed by atoms with E-state index in [9.17, 15) is 25.2 Å². The van der Waals surface area contributed by atoms with Gasteiger partial charge in [0.05, 0.1) is 12.1 Å². The first kappa shape index (κ1) is 17.3. The number of aliphatic hydroxyl groups excluding tert-OH is 4. The lowest BCUT2D eigenvalue weighted by atomic mass is 9.99. The molecule has 1 aliphatic heterocycles. The molecule has 9 heteroatoms. The molecule has 0 aliphatic carbocycles. The summed E-state index contributed by atoms with van der Waals surface area (Å²) in [7, 11) is 0. The molecule has 1 aromatic carbocycles. The van der Waals surface area contributed by atoms with Crippen molar-refractivity contribution in [3.05, 3.63) is 45.2 Å². The number of halogens is 1. The lowest BCUT2D eigenvalue weighted by molar-refractivity contribution is -0.300. The monoisotopic (exact) mass is 401 g/mol. The molecule has 0 radical (unpaired) electrons. The molecule has 1 aromatic heterocycles. The van der Waals surface area contributed by atoms with Crippen LogP contribution in [-0.2, 0) is 4.74 Å². The normalized spacial score (nSPS) is 30.5. The Hall–Kier alpha value is -1.49. The first-order valence-electron chi connectivity index (χ1n) is 7.21. The Labute approximate surface area is 144 Å². The third-order valence-electron chi connectivity index (χ3n) is 3.87. The highest BCUT2D eigenvalue weighted by atomic mass is 79.9. The van der Waals surface area contributed by atoms with E-state index < -0.39 is 42.9 Å². The number of pyridine rings is 1. The maximum atomic E-state index is 12.1. The predicted octanol–water partition coefficient (Wildman–Crippen LogP) is -1.01. The smallest absolute Gasteiger partial charge is 0.283 e. The van der Waals surface area contributed by atoms with Gasteiger partial charge >= 0.3 is 0 Å². The lowest BCUT2D eigenvalue weighted by Crippen LogP contribution is -2.61. The number of ether oxygens (including phenoxy) is 1. The van der Waals surface area contributed by atoms with Gasteiger partial charge in [-0.15, -0.1) is 4.73 Å². The Morgan fingerprint density at radius 1 is 1.12 bits per heavy atom. The van der Waals surface area contributed by atoms with Gasteiger partial charge in [-0.25, -0.2) is 0 Å². The van der Waals surface area contributed by atoms with Crippen molar-refractivity contribution in [3.63, 3.8) is 0 Å². The Morgan fingerprint density at radius 3 is 2.58 bits per heavy atom. The summed E-state index contributed by atoms with van der Waals surface area (Å²) in [5.41, 5.74) is -0.0653. The average Bonchev–Trinajstić information content (AvgIpc) is 2.57. The van der Waals surface area contributed by atoms with Gasteiger partial charge in [-0.2, -0.15) is 0 Å². The van der Waals surface area contributed by atoms with Gasteiger partial charge < -0.3 is 30.0 Å². The number of hydrogen-bond acceptors (Lipinski definition) is 7. The molecule has 0 spiro atoms. The number of aromatic nitrogens is 1. The molecule has 2 heterocycles. The van der Waals surface area contributed by atoms with Crippen LogP contribution in [0.25, 0.3) is 10.9 Å². The number of nitrogens with zero attached hydrogens (tertiary/aromatic N) is 1. The highest BCUT2D eigenvalue weighted by Crippen LogP contribution is 2.22. The van der Waals surface area contributed by atoms with Crippen LogP contribution in [0.4, 0.5) is 0 Å². The van der Waals surface area contributed by atoms with Crippen molar-refractivity contribution in [2.75, 3.05) is 6.61 Å². The minimum Gasteiger partial charge on any atom is -0.394 e. The number of benzene rings is 1. The average molecular weight is 402 g/mol. The van der Waals surface area contributed by atoms with E-state index in [1.165, 1.54) is 6.07 Å². The largest absolute Gasteiger partial charge is 0.394 e. The molecule has 4 N–H and O–H groups in total. The number of aliphatic hydroxyl groups is 4. The van der Waals surface area contributed by atoms with Gasteiger partial charge in [-0.1, -0.05) is 15.9 Å². The third kappa shape index (κ3) is 3.06. The molecular weight excluding hydrogens is 386 g/mol. The van der Waals surface area contributed by atoms with Crippen molar-refractivity contribution >= 4 is 26.8 Å². The first-order valence-corrected chi connectivity index (χ1v) is 8.00. The van der Waals surface area contributed by atoms with E-state index in [0.717, 1.165) is 9.20 Å². The van der Waals surface area contributed by atoms with Crippen LogP contribution in [0.2, 0.25) is 0 Å². The van der Waals surface area contributed by atoms with Crippen molar-refractivity contribution in [1.29, 1.82) is 0 Å². The molecule has 1 aliphatic rings. The fourth-order valence-electron chi connectivity index (χ4n) is 2.56. The standard InChI is InChI=1S/C15H16BrNO7/c16-8-2-3-9-7(5-8)1-4-11(19)17(9)24-15-14(22)13(21)12(20)10(6-18)23-15/h1-5,10,12-15,18,20-22H,6H2/t10-,12-,13+,14+,15-/m1/s1. The summed E-state index contributed by atoms with van der Waals surface area (Å²) < 4.78 is 7.01. The van der Waals surface area contributed by atoms with Crippen LogP contribution in [0.5, 0.6) is 0 Å². The molecule has 130 valence electrons. The molecule has 0 bridgehead atoms. The second-order valence-corrected chi connectivity index (χ2v) is 6.39. The summed E-state index contributed by atoms with van der Waals surface area (Å²) in [6.45, 7) is -0.581. The zero-order chi connectivity index (χ0) is 17.4. The van der Waals surface area contributed by atoms with Crippen molar-refractivity contribution in [3.8, 4) is 0 Å². The molecule has 24 heavy (non-hydrogen) atoms. The molecule has 1 saturated heterocycles. The van der Waals surface area contributed by atoms with E-state index in [1.54, 1.807) is 24.3 Å². The van der Waals surface area contributed by atoms with E-state index in [4.69, 9.17) is 9.57 Å². The van der Waals surface area contributed by atoms with Crippen molar-refractivity contribution in [2.24, 2.45) is 0 Å². The molecule has 0 amide bonds. The summed E-state index contributed by atoms with van der Waals surface area (Å²) in [5.74, 6) is 0. The van der Waals surface area contributed by atoms with Gasteiger partial charge in [0.15, 0.2) is 0 Å². The van der Waals surface area contributed by atoms with Gasteiger partial charge in [0.1, 0.15) is 24.4 Å².